The van der Waals surface area contributed by atoms with E-state index >= 15 is 0 Å². The molecule has 3 nitrogen and oxygen atoms in total. The summed E-state index contributed by atoms with van der Waals surface area (Å²) in [7, 11) is 0. The predicted octanol–water partition coefficient (Wildman–Crippen LogP) is 2.82. The molecule has 0 unspecified atom stereocenters. The fraction of sp³-hybridized carbons (Fsp3) is 0.636. The molecule has 0 aliphatic carbocycles. The van der Waals surface area contributed by atoms with Gasteiger partial charge in [0.05, 0.1) is 0 Å². The van der Waals surface area contributed by atoms with Crippen molar-refractivity contribution in [1.29, 1.82) is 0 Å². The highest BCUT2D eigenvalue weighted by atomic mass is 35.5. The van der Waals surface area contributed by atoms with Crippen LogP contribution in [-0.2, 0) is 0 Å². The van der Waals surface area contributed by atoms with Crippen LogP contribution in [-0.4, -0.2) is 23.1 Å². The van der Waals surface area contributed by atoms with Gasteiger partial charge in [0, 0.05) is 19.2 Å². The van der Waals surface area contributed by atoms with E-state index in [1.807, 2.05) is 13.0 Å². The van der Waals surface area contributed by atoms with Gasteiger partial charge in [-0.1, -0.05) is 24.4 Å². The molecule has 2 heterocycles. The molecule has 0 aromatic carbocycles. The Morgan fingerprint density at radius 1 is 1.13 bits per heavy atom. The van der Waals surface area contributed by atoms with Crippen LogP contribution in [0.25, 0.3) is 0 Å². The van der Waals surface area contributed by atoms with Gasteiger partial charge in [-0.05, 0) is 19.8 Å². The van der Waals surface area contributed by atoms with Crippen LogP contribution in [0.15, 0.2) is 6.07 Å². The Bertz CT molecular complexity index is 312. The monoisotopic (exact) mass is 225 g/mol. The molecule has 1 saturated heterocycles. The van der Waals surface area contributed by atoms with Crippen LogP contribution >= 0.6 is 11.6 Å². The van der Waals surface area contributed by atoms with E-state index in [0.29, 0.717) is 5.15 Å². The molecule has 0 saturated carbocycles. The van der Waals surface area contributed by atoms with E-state index < -0.39 is 0 Å². The van der Waals surface area contributed by atoms with Crippen LogP contribution in [0.5, 0.6) is 0 Å². The number of hydrogen-bond acceptors (Lipinski definition) is 3. The minimum atomic E-state index is 0.543. The summed E-state index contributed by atoms with van der Waals surface area (Å²) < 4.78 is 0. The van der Waals surface area contributed by atoms with Crippen LogP contribution in [0.4, 0.5) is 5.82 Å². The fourth-order valence-electron chi connectivity index (χ4n) is 1.98. The topological polar surface area (TPSA) is 29.0 Å². The van der Waals surface area contributed by atoms with E-state index in [4.69, 9.17) is 11.6 Å². The molecule has 0 amide bonds. The molecular formula is C11H16ClN3. The number of anilines is 1. The first-order chi connectivity index (χ1) is 7.25. The quantitative estimate of drug-likeness (QED) is 0.689. The maximum Gasteiger partial charge on any atom is 0.134 e. The van der Waals surface area contributed by atoms with Crippen molar-refractivity contribution in [2.45, 2.75) is 32.6 Å². The summed E-state index contributed by atoms with van der Waals surface area (Å²) in [6.45, 7) is 4.06. The van der Waals surface area contributed by atoms with Gasteiger partial charge in [0.25, 0.3) is 0 Å². The average molecular weight is 226 g/mol. The van der Waals surface area contributed by atoms with E-state index in [9.17, 15) is 0 Å². The average Bonchev–Trinajstić information content (AvgIpc) is 2.43. The summed E-state index contributed by atoms with van der Waals surface area (Å²) in [6, 6.07) is 1.86. The van der Waals surface area contributed by atoms with E-state index in [1.165, 1.54) is 25.7 Å². The van der Waals surface area contributed by atoms with E-state index in [-0.39, 0.29) is 0 Å². The van der Waals surface area contributed by atoms with Gasteiger partial charge in [-0.3, -0.25) is 0 Å². The zero-order valence-electron chi connectivity index (χ0n) is 9.04. The highest BCUT2D eigenvalue weighted by Gasteiger charge is 2.12. The summed E-state index contributed by atoms with van der Waals surface area (Å²) in [5.74, 6) is 1.73. The van der Waals surface area contributed by atoms with Crippen molar-refractivity contribution in [3.05, 3.63) is 17.0 Å². The van der Waals surface area contributed by atoms with Gasteiger partial charge in [-0.2, -0.15) is 0 Å². The van der Waals surface area contributed by atoms with Gasteiger partial charge in [-0.25, -0.2) is 9.97 Å². The van der Waals surface area contributed by atoms with Gasteiger partial charge in [0.1, 0.15) is 16.8 Å². The molecule has 1 aromatic rings. The van der Waals surface area contributed by atoms with E-state index in [0.717, 1.165) is 24.7 Å². The summed E-state index contributed by atoms with van der Waals surface area (Å²) in [5, 5.41) is 0.543. The van der Waals surface area contributed by atoms with Crippen LogP contribution in [0.2, 0.25) is 5.15 Å². The van der Waals surface area contributed by atoms with Crippen molar-refractivity contribution in [2.75, 3.05) is 18.0 Å². The molecule has 0 radical (unpaired) electrons. The largest absolute Gasteiger partial charge is 0.356 e. The molecule has 0 bridgehead atoms. The third kappa shape index (κ3) is 2.81. The lowest BCUT2D eigenvalue weighted by atomic mass is 10.2. The van der Waals surface area contributed by atoms with Gasteiger partial charge < -0.3 is 4.90 Å². The second kappa shape index (κ2) is 4.79. The lowest BCUT2D eigenvalue weighted by molar-refractivity contribution is 0.726. The molecule has 2 rings (SSSR count). The highest BCUT2D eigenvalue weighted by molar-refractivity contribution is 6.29. The number of aromatic nitrogens is 2. The molecule has 4 heteroatoms. The highest BCUT2D eigenvalue weighted by Crippen LogP contribution is 2.19. The van der Waals surface area contributed by atoms with Crippen LogP contribution in [0.1, 0.15) is 31.5 Å². The minimum Gasteiger partial charge on any atom is -0.356 e. The maximum atomic E-state index is 5.93. The first-order valence-corrected chi connectivity index (χ1v) is 5.89. The Kier molecular flexibility index (Phi) is 3.41. The van der Waals surface area contributed by atoms with E-state index in [2.05, 4.69) is 14.9 Å². The maximum absolute atomic E-state index is 5.93. The van der Waals surface area contributed by atoms with Crippen molar-refractivity contribution < 1.29 is 0 Å². The number of hydrogen-bond donors (Lipinski definition) is 0. The van der Waals surface area contributed by atoms with E-state index in [1.54, 1.807) is 0 Å². The van der Waals surface area contributed by atoms with Crippen LogP contribution < -0.4 is 4.90 Å². The van der Waals surface area contributed by atoms with Crippen molar-refractivity contribution in [2.24, 2.45) is 0 Å². The molecule has 82 valence electrons. The van der Waals surface area contributed by atoms with Crippen molar-refractivity contribution >= 4 is 17.4 Å². The Morgan fingerprint density at radius 2 is 1.80 bits per heavy atom. The van der Waals surface area contributed by atoms with Crippen LogP contribution in [0, 0.1) is 6.92 Å². The molecule has 0 N–H and O–H groups in total. The Labute approximate surface area is 95.5 Å². The van der Waals surface area contributed by atoms with Gasteiger partial charge in [0.15, 0.2) is 0 Å². The molecule has 0 spiro atoms. The van der Waals surface area contributed by atoms with Gasteiger partial charge >= 0.3 is 0 Å². The molecular weight excluding hydrogens is 210 g/mol. The standard InChI is InChI=1S/C11H16ClN3/c1-9-13-10(12)8-11(14-9)15-6-4-2-3-5-7-15/h8H,2-7H2,1H3. The zero-order valence-corrected chi connectivity index (χ0v) is 9.80. The third-order valence-corrected chi connectivity index (χ3v) is 2.92. The SMILES string of the molecule is Cc1nc(Cl)cc(N2CCCCCC2)n1. The van der Waals surface area contributed by atoms with Crippen LogP contribution in [0.3, 0.4) is 0 Å². The lowest BCUT2D eigenvalue weighted by Gasteiger charge is -2.21. The number of halogens is 1. The number of rotatable bonds is 1. The molecule has 15 heavy (non-hydrogen) atoms. The van der Waals surface area contributed by atoms with Gasteiger partial charge in [-0.15, -0.1) is 0 Å². The first-order valence-electron chi connectivity index (χ1n) is 5.52. The predicted molar refractivity (Wildman–Crippen MR) is 62.5 cm³/mol. The first kappa shape index (κ1) is 10.7. The van der Waals surface area contributed by atoms with Crippen molar-refractivity contribution in [3.8, 4) is 0 Å². The fourth-order valence-corrected chi connectivity index (χ4v) is 2.20. The molecule has 0 atom stereocenters. The third-order valence-electron chi connectivity index (χ3n) is 2.72. The zero-order chi connectivity index (χ0) is 10.7. The summed E-state index contributed by atoms with van der Waals surface area (Å²) >= 11 is 5.93. The Hall–Kier alpha value is -0.830. The molecule has 1 fully saturated rings. The summed E-state index contributed by atoms with van der Waals surface area (Å²) in [6.07, 6.45) is 5.16. The Morgan fingerprint density at radius 3 is 2.40 bits per heavy atom. The van der Waals surface area contributed by atoms with Gasteiger partial charge in [0.2, 0.25) is 0 Å². The summed E-state index contributed by atoms with van der Waals surface area (Å²) in [5.41, 5.74) is 0. The second-order valence-electron chi connectivity index (χ2n) is 4.00. The summed E-state index contributed by atoms with van der Waals surface area (Å²) in [4.78, 5) is 10.8. The molecule has 1 aromatic heterocycles. The molecule has 1 aliphatic heterocycles. The number of aryl methyl sites for hydroxylation is 1. The smallest absolute Gasteiger partial charge is 0.134 e. The second-order valence-corrected chi connectivity index (χ2v) is 4.38. The van der Waals surface area contributed by atoms with Crippen molar-refractivity contribution in [1.82, 2.24) is 9.97 Å². The van der Waals surface area contributed by atoms with Crippen molar-refractivity contribution in [3.63, 3.8) is 0 Å². The Balaban J connectivity index is 2.19. The minimum absolute atomic E-state index is 0.543. The lowest BCUT2D eigenvalue weighted by Crippen LogP contribution is -2.25. The molecule has 1 aliphatic rings. The number of nitrogens with zero attached hydrogens (tertiary/aromatic N) is 3. The normalized spacial score (nSPS) is 17.6.